The van der Waals surface area contributed by atoms with Gasteiger partial charge in [0, 0.05) is 24.7 Å². The number of nitrogens with one attached hydrogen (secondary N) is 1. The van der Waals surface area contributed by atoms with E-state index >= 15 is 0 Å². The highest BCUT2D eigenvalue weighted by molar-refractivity contribution is 6.31. The molecule has 1 aromatic rings. The van der Waals surface area contributed by atoms with Crippen LogP contribution in [0.2, 0.25) is 5.02 Å². The van der Waals surface area contributed by atoms with Gasteiger partial charge < -0.3 is 10.2 Å². The molecule has 2 fully saturated rings. The van der Waals surface area contributed by atoms with Crippen LogP contribution in [0, 0.1) is 5.82 Å². The van der Waals surface area contributed by atoms with Gasteiger partial charge in [0.25, 0.3) is 0 Å². The highest BCUT2D eigenvalue weighted by atomic mass is 35.5. The first-order valence-electron chi connectivity index (χ1n) is 7.07. The van der Waals surface area contributed by atoms with E-state index in [2.05, 4.69) is 17.1 Å². The van der Waals surface area contributed by atoms with E-state index in [1.807, 2.05) is 12.1 Å². The minimum atomic E-state index is -0.286. The summed E-state index contributed by atoms with van der Waals surface area (Å²) in [4.78, 5) is 2.18. The summed E-state index contributed by atoms with van der Waals surface area (Å²) >= 11 is 5.91. The molecule has 3 rings (SSSR count). The predicted molar refractivity (Wildman–Crippen MR) is 77.4 cm³/mol. The summed E-state index contributed by atoms with van der Waals surface area (Å²) in [5.74, 6) is -0.286. The number of halogens is 2. The highest BCUT2D eigenvalue weighted by Crippen LogP contribution is 2.36. The van der Waals surface area contributed by atoms with Gasteiger partial charge in [0.1, 0.15) is 0 Å². The third-order valence-electron chi connectivity index (χ3n) is 4.58. The largest absolute Gasteiger partial charge is 0.363 e. The molecule has 0 amide bonds. The van der Waals surface area contributed by atoms with Gasteiger partial charge in [-0.2, -0.15) is 0 Å². The number of anilines is 1. The molecule has 0 aromatic heterocycles. The third kappa shape index (κ3) is 2.34. The van der Waals surface area contributed by atoms with E-state index < -0.39 is 0 Å². The lowest BCUT2D eigenvalue weighted by Crippen LogP contribution is -2.62. The molecule has 1 heterocycles. The van der Waals surface area contributed by atoms with Crippen LogP contribution in [0.3, 0.4) is 0 Å². The third-order valence-corrected chi connectivity index (χ3v) is 4.87. The monoisotopic (exact) mass is 282 g/mol. The van der Waals surface area contributed by atoms with Crippen molar-refractivity contribution in [2.24, 2.45) is 0 Å². The normalized spacial score (nSPS) is 26.1. The van der Waals surface area contributed by atoms with E-state index in [0.29, 0.717) is 11.7 Å². The summed E-state index contributed by atoms with van der Waals surface area (Å²) < 4.78 is 14.2. The first-order valence-corrected chi connectivity index (χ1v) is 7.45. The van der Waals surface area contributed by atoms with Crippen LogP contribution in [0.5, 0.6) is 0 Å². The van der Waals surface area contributed by atoms with Crippen LogP contribution in [0.1, 0.15) is 32.6 Å². The molecule has 0 bridgehead atoms. The maximum absolute atomic E-state index is 14.2. The highest BCUT2D eigenvalue weighted by Gasteiger charge is 2.40. The lowest BCUT2D eigenvalue weighted by atomic mass is 9.92. The topological polar surface area (TPSA) is 15.3 Å². The summed E-state index contributed by atoms with van der Waals surface area (Å²) in [5, 5.41) is 3.89. The fourth-order valence-corrected chi connectivity index (χ4v) is 3.61. The number of benzene rings is 1. The summed E-state index contributed by atoms with van der Waals surface area (Å²) in [5.41, 5.74) is 0.828. The van der Waals surface area contributed by atoms with Gasteiger partial charge in [0.2, 0.25) is 0 Å². The Labute approximate surface area is 118 Å². The van der Waals surface area contributed by atoms with E-state index in [1.165, 1.54) is 25.7 Å². The van der Waals surface area contributed by atoms with Crippen LogP contribution in [0.4, 0.5) is 10.1 Å². The molecule has 1 N–H and O–H groups in total. The van der Waals surface area contributed by atoms with Gasteiger partial charge in [0.15, 0.2) is 5.82 Å². The molecule has 0 radical (unpaired) electrons. The van der Waals surface area contributed by atoms with Crippen molar-refractivity contribution in [3.8, 4) is 0 Å². The van der Waals surface area contributed by atoms with Gasteiger partial charge in [-0.3, -0.25) is 0 Å². The van der Waals surface area contributed by atoms with Crippen LogP contribution in [0.15, 0.2) is 18.2 Å². The van der Waals surface area contributed by atoms with Gasteiger partial charge >= 0.3 is 0 Å². The Bertz CT molecular complexity index is 471. The number of hydrogen-bond donors (Lipinski definition) is 1. The van der Waals surface area contributed by atoms with Crippen LogP contribution >= 0.6 is 11.6 Å². The maximum atomic E-state index is 14.2. The Hall–Kier alpha value is -0.800. The average molecular weight is 283 g/mol. The molecule has 1 saturated carbocycles. The molecule has 2 aliphatic rings. The second-order valence-electron chi connectivity index (χ2n) is 5.92. The zero-order chi connectivity index (χ0) is 13.5. The Morgan fingerprint density at radius 1 is 1.37 bits per heavy atom. The smallest absolute Gasteiger partial charge is 0.165 e. The molecule has 19 heavy (non-hydrogen) atoms. The lowest BCUT2D eigenvalue weighted by Gasteiger charge is -2.46. The number of hydrogen-bond acceptors (Lipinski definition) is 2. The molecule has 104 valence electrons. The summed E-state index contributed by atoms with van der Waals surface area (Å²) in [6.07, 6.45) is 4.93. The van der Waals surface area contributed by atoms with E-state index in [4.69, 9.17) is 11.6 Å². The summed E-state index contributed by atoms with van der Waals surface area (Å²) in [7, 11) is 0. The van der Waals surface area contributed by atoms with Crippen LogP contribution < -0.4 is 10.2 Å². The van der Waals surface area contributed by atoms with Gasteiger partial charge in [0.05, 0.1) is 10.7 Å². The van der Waals surface area contributed by atoms with Crippen molar-refractivity contribution in [3.63, 3.8) is 0 Å². The molecule has 1 unspecified atom stereocenters. The second kappa shape index (κ2) is 4.95. The molecule has 1 aliphatic heterocycles. The van der Waals surface area contributed by atoms with Crippen LogP contribution in [-0.2, 0) is 0 Å². The van der Waals surface area contributed by atoms with Crippen molar-refractivity contribution >= 4 is 17.3 Å². The molecule has 1 aliphatic carbocycles. The van der Waals surface area contributed by atoms with Crippen LogP contribution in [0.25, 0.3) is 0 Å². The molecule has 4 heteroatoms. The lowest BCUT2D eigenvalue weighted by molar-refractivity contribution is 0.275. The zero-order valence-electron chi connectivity index (χ0n) is 11.3. The molecular formula is C15H20ClFN2. The van der Waals surface area contributed by atoms with Gasteiger partial charge in [-0.05, 0) is 31.9 Å². The summed E-state index contributed by atoms with van der Waals surface area (Å²) in [6, 6.07) is 5.57. The minimum Gasteiger partial charge on any atom is -0.363 e. The first-order chi connectivity index (χ1) is 9.11. The molecule has 1 aromatic carbocycles. The van der Waals surface area contributed by atoms with Crippen molar-refractivity contribution in [3.05, 3.63) is 29.0 Å². The number of nitrogens with zero attached hydrogens (tertiary/aromatic N) is 1. The molecule has 1 saturated heterocycles. The van der Waals surface area contributed by atoms with E-state index in [0.717, 1.165) is 13.1 Å². The Balaban J connectivity index is 1.91. The van der Waals surface area contributed by atoms with Gasteiger partial charge in [-0.15, -0.1) is 0 Å². The Kier molecular flexibility index (Phi) is 3.44. The Morgan fingerprint density at radius 3 is 2.84 bits per heavy atom. The maximum Gasteiger partial charge on any atom is 0.165 e. The molecular weight excluding hydrogens is 263 g/mol. The second-order valence-corrected chi connectivity index (χ2v) is 6.33. The number of piperazine rings is 1. The van der Waals surface area contributed by atoms with Crippen LogP contribution in [-0.4, -0.2) is 24.7 Å². The Morgan fingerprint density at radius 2 is 2.11 bits per heavy atom. The fraction of sp³-hybridized carbons (Fsp3) is 0.600. The van der Waals surface area contributed by atoms with E-state index in [1.54, 1.807) is 6.07 Å². The van der Waals surface area contributed by atoms with Crippen molar-refractivity contribution in [1.82, 2.24) is 5.32 Å². The fourth-order valence-electron chi connectivity index (χ4n) is 3.44. The van der Waals surface area contributed by atoms with E-state index in [-0.39, 0.29) is 16.4 Å². The van der Waals surface area contributed by atoms with Crippen molar-refractivity contribution < 1.29 is 4.39 Å². The van der Waals surface area contributed by atoms with Crippen molar-refractivity contribution in [1.29, 1.82) is 0 Å². The SMILES string of the molecule is CC1CNC2(CCCC2)CN1c1cccc(Cl)c1F. The van der Waals surface area contributed by atoms with Gasteiger partial charge in [-0.1, -0.05) is 30.5 Å². The quantitative estimate of drug-likeness (QED) is 0.847. The standard InChI is InChI=1S/C15H20ClFN2/c1-11-9-18-15(7-2-3-8-15)10-19(11)13-6-4-5-12(16)14(13)17/h4-6,11,18H,2-3,7-10H2,1H3. The number of rotatable bonds is 1. The van der Waals surface area contributed by atoms with E-state index in [9.17, 15) is 4.39 Å². The predicted octanol–water partition coefficient (Wildman–Crippen LogP) is 3.59. The minimum absolute atomic E-state index is 0.182. The van der Waals surface area contributed by atoms with Gasteiger partial charge in [-0.25, -0.2) is 4.39 Å². The first kappa shape index (κ1) is 13.2. The molecule has 1 spiro atoms. The average Bonchev–Trinajstić information content (AvgIpc) is 2.85. The molecule has 1 atom stereocenters. The summed E-state index contributed by atoms with van der Waals surface area (Å²) in [6.45, 7) is 3.92. The van der Waals surface area contributed by atoms with Crippen molar-refractivity contribution in [2.45, 2.75) is 44.2 Å². The van der Waals surface area contributed by atoms with Crippen molar-refractivity contribution in [2.75, 3.05) is 18.0 Å². The molecule has 2 nitrogen and oxygen atoms in total. The zero-order valence-corrected chi connectivity index (χ0v) is 12.0.